The number of nitrogens with zero attached hydrogens (tertiary/aromatic N) is 3. The average Bonchev–Trinajstić information content (AvgIpc) is 2.59. The Morgan fingerprint density at radius 1 is 1.20 bits per heavy atom. The zero-order valence-corrected chi connectivity index (χ0v) is 14.0. The Morgan fingerprint density at radius 2 is 1.88 bits per heavy atom. The van der Waals surface area contributed by atoms with Crippen LogP contribution in [-0.2, 0) is 11.0 Å². The fraction of sp³-hybridized carbons (Fsp3) is 0.562. The summed E-state index contributed by atoms with van der Waals surface area (Å²) in [6, 6.07) is 1.95. The Bertz CT molecular complexity index is 596. The molecule has 0 saturated carbocycles. The van der Waals surface area contributed by atoms with E-state index in [0.29, 0.717) is 32.7 Å². The van der Waals surface area contributed by atoms with Crippen LogP contribution >= 0.6 is 0 Å². The number of carbonyl (C=O) groups is 2. The molecule has 2 amide bonds. The molecule has 0 aromatic carbocycles. The van der Waals surface area contributed by atoms with E-state index in [1.54, 1.807) is 4.90 Å². The highest BCUT2D eigenvalue weighted by molar-refractivity contribution is 5.94. The normalized spacial score (nSPS) is 15.9. The number of alkyl halides is 3. The Hall–Kier alpha value is -2.16. The first-order chi connectivity index (χ1) is 11.8. The molecule has 6 nitrogen and oxygen atoms in total. The number of halogens is 3. The van der Waals surface area contributed by atoms with Crippen molar-refractivity contribution in [1.82, 2.24) is 20.1 Å². The lowest BCUT2D eigenvalue weighted by Gasteiger charge is -2.34. The minimum Gasteiger partial charge on any atom is -0.355 e. The van der Waals surface area contributed by atoms with Gasteiger partial charge in [0.25, 0.3) is 5.91 Å². The van der Waals surface area contributed by atoms with Gasteiger partial charge in [0.05, 0.1) is 12.1 Å². The second kappa shape index (κ2) is 8.28. The predicted molar refractivity (Wildman–Crippen MR) is 84.9 cm³/mol. The van der Waals surface area contributed by atoms with E-state index in [2.05, 4.69) is 10.3 Å². The van der Waals surface area contributed by atoms with Crippen LogP contribution in [0.25, 0.3) is 0 Å². The third kappa shape index (κ3) is 5.42. The van der Waals surface area contributed by atoms with E-state index in [4.69, 9.17) is 0 Å². The van der Waals surface area contributed by atoms with Crippen molar-refractivity contribution in [3.63, 3.8) is 0 Å². The van der Waals surface area contributed by atoms with Crippen molar-refractivity contribution in [3.8, 4) is 0 Å². The molecule has 1 aliphatic heterocycles. The van der Waals surface area contributed by atoms with E-state index in [0.717, 1.165) is 24.8 Å². The molecule has 1 fully saturated rings. The number of aromatic nitrogens is 1. The summed E-state index contributed by atoms with van der Waals surface area (Å²) in [5, 5.41) is 2.80. The molecule has 0 spiro atoms. The van der Waals surface area contributed by atoms with Crippen molar-refractivity contribution in [2.45, 2.75) is 19.5 Å². The van der Waals surface area contributed by atoms with Gasteiger partial charge in [-0.2, -0.15) is 13.2 Å². The van der Waals surface area contributed by atoms with Crippen molar-refractivity contribution >= 4 is 11.8 Å². The van der Waals surface area contributed by atoms with Crippen LogP contribution in [0.5, 0.6) is 0 Å². The van der Waals surface area contributed by atoms with Gasteiger partial charge in [0, 0.05) is 38.9 Å². The molecular weight excluding hydrogens is 337 g/mol. The van der Waals surface area contributed by atoms with Crippen LogP contribution in [0.3, 0.4) is 0 Å². The molecular formula is C16H21F3N4O2. The molecule has 0 atom stereocenters. The Morgan fingerprint density at radius 3 is 2.40 bits per heavy atom. The Balaban J connectivity index is 1.86. The maximum atomic E-state index is 12.5. The third-order valence-corrected chi connectivity index (χ3v) is 3.90. The molecule has 9 heteroatoms. The number of rotatable bonds is 5. The van der Waals surface area contributed by atoms with Crippen LogP contribution in [0.4, 0.5) is 13.2 Å². The van der Waals surface area contributed by atoms with Crippen LogP contribution in [0.1, 0.15) is 29.4 Å². The first-order valence-electron chi connectivity index (χ1n) is 8.13. The number of amides is 2. The van der Waals surface area contributed by atoms with Gasteiger partial charge in [-0.05, 0) is 18.6 Å². The summed E-state index contributed by atoms with van der Waals surface area (Å²) in [6.07, 6.45) is -2.70. The zero-order chi connectivity index (χ0) is 18.4. The summed E-state index contributed by atoms with van der Waals surface area (Å²) in [6.45, 7) is 4.81. The van der Waals surface area contributed by atoms with Crippen molar-refractivity contribution in [2.24, 2.45) is 0 Å². The minimum absolute atomic E-state index is 0.0476. The lowest BCUT2D eigenvalue weighted by atomic mass is 10.2. The number of piperazine rings is 1. The molecule has 0 aliphatic carbocycles. The highest BCUT2D eigenvalue weighted by Crippen LogP contribution is 2.27. The summed E-state index contributed by atoms with van der Waals surface area (Å²) in [4.78, 5) is 30.8. The fourth-order valence-corrected chi connectivity index (χ4v) is 2.50. The highest BCUT2D eigenvalue weighted by Gasteiger charge is 2.32. The van der Waals surface area contributed by atoms with Gasteiger partial charge in [-0.1, -0.05) is 6.92 Å². The van der Waals surface area contributed by atoms with Crippen LogP contribution in [0, 0.1) is 0 Å². The quantitative estimate of drug-likeness (QED) is 0.864. The van der Waals surface area contributed by atoms with Crippen LogP contribution in [-0.4, -0.2) is 65.9 Å². The zero-order valence-electron chi connectivity index (χ0n) is 14.0. The minimum atomic E-state index is -4.52. The maximum absolute atomic E-state index is 12.5. The van der Waals surface area contributed by atoms with E-state index in [1.165, 1.54) is 0 Å². The Kier molecular flexibility index (Phi) is 6.35. The van der Waals surface area contributed by atoms with E-state index in [-0.39, 0.29) is 23.9 Å². The number of nitrogens with one attached hydrogen (secondary N) is 1. The van der Waals surface area contributed by atoms with E-state index in [9.17, 15) is 22.8 Å². The molecule has 1 saturated heterocycles. The summed E-state index contributed by atoms with van der Waals surface area (Å²) in [5.74, 6) is -0.398. The van der Waals surface area contributed by atoms with Gasteiger partial charge in [-0.3, -0.25) is 19.5 Å². The van der Waals surface area contributed by atoms with Gasteiger partial charge >= 0.3 is 6.18 Å². The first kappa shape index (κ1) is 19.2. The fourth-order valence-electron chi connectivity index (χ4n) is 2.50. The summed E-state index contributed by atoms with van der Waals surface area (Å²) < 4.78 is 37.5. The molecule has 1 aromatic rings. The molecule has 0 bridgehead atoms. The molecule has 138 valence electrons. The SMILES string of the molecule is CCCNC(=O)CN1CCN(C(=O)c2ccc(C(F)(F)F)nc2)CC1. The Labute approximate surface area is 144 Å². The van der Waals surface area contributed by atoms with Crippen LogP contribution in [0.15, 0.2) is 18.3 Å². The van der Waals surface area contributed by atoms with Crippen molar-refractivity contribution in [3.05, 3.63) is 29.6 Å². The highest BCUT2D eigenvalue weighted by atomic mass is 19.4. The molecule has 2 heterocycles. The maximum Gasteiger partial charge on any atom is 0.433 e. The van der Waals surface area contributed by atoms with Crippen LogP contribution in [0.2, 0.25) is 0 Å². The predicted octanol–water partition coefficient (Wildman–Crippen LogP) is 1.38. The van der Waals surface area contributed by atoms with Gasteiger partial charge in [0.2, 0.25) is 5.91 Å². The molecule has 1 aliphatic rings. The second-order valence-electron chi connectivity index (χ2n) is 5.85. The van der Waals surface area contributed by atoms with Crippen molar-refractivity contribution in [2.75, 3.05) is 39.3 Å². The molecule has 0 radical (unpaired) electrons. The molecule has 0 unspecified atom stereocenters. The van der Waals surface area contributed by atoms with Gasteiger partial charge < -0.3 is 10.2 Å². The largest absolute Gasteiger partial charge is 0.433 e. The van der Waals surface area contributed by atoms with Crippen molar-refractivity contribution in [1.29, 1.82) is 0 Å². The lowest BCUT2D eigenvalue weighted by molar-refractivity contribution is -0.141. The number of hydrogen-bond donors (Lipinski definition) is 1. The topological polar surface area (TPSA) is 65.5 Å². The summed E-state index contributed by atoms with van der Waals surface area (Å²) in [7, 11) is 0. The van der Waals surface area contributed by atoms with E-state index in [1.807, 2.05) is 11.8 Å². The molecule has 25 heavy (non-hydrogen) atoms. The van der Waals surface area contributed by atoms with E-state index >= 15 is 0 Å². The number of hydrogen-bond acceptors (Lipinski definition) is 4. The molecule has 2 rings (SSSR count). The summed E-state index contributed by atoms with van der Waals surface area (Å²) >= 11 is 0. The van der Waals surface area contributed by atoms with Gasteiger partial charge in [0.15, 0.2) is 0 Å². The number of pyridine rings is 1. The van der Waals surface area contributed by atoms with E-state index < -0.39 is 11.9 Å². The van der Waals surface area contributed by atoms with Gasteiger partial charge in [-0.15, -0.1) is 0 Å². The first-order valence-corrected chi connectivity index (χ1v) is 8.13. The average molecular weight is 358 g/mol. The summed E-state index contributed by atoms with van der Waals surface area (Å²) in [5.41, 5.74) is -0.894. The van der Waals surface area contributed by atoms with Crippen LogP contribution < -0.4 is 5.32 Å². The smallest absolute Gasteiger partial charge is 0.355 e. The van der Waals surface area contributed by atoms with Crippen molar-refractivity contribution < 1.29 is 22.8 Å². The number of carbonyl (C=O) groups excluding carboxylic acids is 2. The van der Waals surface area contributed by atoms with Gasteiger partial charge in [-0.25, -0.2) is 0 Å². The third-order valence-electron chi connectivity index (χ3n) is 3.90. The second-order valence-corrected chi connectivity index (χ2v) is 5.85. The van der Waals surface area contributed by atoms with Gasteiger partial charge in [0.1, 0.15) is 5.69 Å². The standard InChI is InChI=1S/C16H21F3N4O2/c1-2-5-20-14(24)11-22-6-8-23(9-7-22)15(25)12-3-4-13(21-10-12)16(17,18)19/h3-4,10H,2,5-9,11H2,1H3,(H,20,24). The molecule has 1 N–H and O–H groups in total. The lowest BCUT2D eigenvalue weighted by Crippen LogP contribution is -2.51. The molecule has 1 aromatic heterocycles. The monoisotopic (exact) mass is 358 g/mol.